The number of methoxy groups -OCH3 is 1. The Kier molecular flexibility index (Phi) is 5.32. The topological polar surface area (TPSA) is 51.5 Å². The van der Waals surface area contributed by atoms with E-state index in [0.29, 0.717) is 5.56 Å². The minimum absolute atomic E-state index is 0.340. The van der Waals surface area contributed by atoms with E-state index in [1.165, 1.54) is 18.2 Å². The molecule has 0 aliphatic carbocycles. The van der Waals surface area contributed by atoms with Crippen molar-refractivity contribution in [2.24, 2.45) is 4.99 Å². The van der Waals surface area contributed by atoms with Crippen molar-refractivity contribution in [3.8, 4) is 0 Å². The first-order valence-electron chi connectivity index (χ1n) is 7.95. The van der Waals surface area contributed by atoms with E-state index < -0.39 is 0 Å². The molecule has 0 radical (unpaired) electrons. The molecule has 0 aliphatic rings. The fourth-order valence-corrected chi connectivity index (χ4v) is 2.41. The fourth-order valence-electron chi connectivity index (χ4n) is 2.41. The lowest BCUT2D eigenvalue weighted by molar-refractivity contribution is 0.0600. The van der Waals surface area contributed by atoms with Crippen LogP contribution in [0.4, 0.5) is 5.69 Å². The summed E-state index contributed by atoms with van der Waals surface area (Å²) in [7, 11) is 1.37. The highest BCUT2D eigenvalue weighted by Crippen LogP contribution is 2.16. The van der Waals surface area contributed by atoms with Gasteiger partial charge in [0.2, 0.25) is 0 Å². The Morgan fingerprint density at radius 3 is 2.24 bits per heavy atom. The van der Waals surface area contributed by atoms with Crippen LogP contribution in [0.3, 0.4) is 0 Å². The zero-order valence-corrected chi connectivity index (χ0v) is 13.9. The Morgan fingerprint density at radius 1 is 0.960 bits per heavy atom. The highest BCUT2D eigenvalue weighted by atomic mass is 16.5. The molecule has 2 aromatic carbocycles. The van der Waals surface area contributed by atoms with E-state index in [-0.39, 0.29) is 5.97 Å². The molecule has 0 bridgehead atoms. The lowest BCUT2D eigenvalue weighted by Crippen LogP contribution is -2.00. The van der Waals surface area contributed by atoms with Gasteiger partial charge in [-0.05, 0) is 59.5 Å². The standard InChI is InChI=1S/C21H18N2O2/c1-25-21(24)19-6-2-18(3-7-19)15-23-20-8-4-16(5-9-20)14-17-10-12-22-13-11-17/h2-13,15H,14H2,1H3. The van der Waals surface area contributed by atoms with Crippen LogP contribution >= 0.6 is 0 Å². The summed E-state index contributed by atoms with van der Waals surface area (Å²) in [5.41, 5.74) is 4.80. The largest absolute Gasteiger partial charge is 0.465 e. The maximum atomic E-state index is 11.4. The zero-order valence-electron chi connectivity index (χ0n) is 13.9. The Hall–Kier alpha value is -3.27. The first-order valence-corrected chi connectivity index (χ1v) is 7.95. The first-order chi connectivity index (χ1) is 12.2. The number of benzene rings is 2. The highest BCUT2D eigenvalue weighted by Gasteiger charge is 2.03. The quantitative estimate of drug-likeness (QED) is 0.520. The minimum Gasteiger partial charge on any atom is -0.465 e. The Balaban J connectivity index is 1.64. The molecule has 25 heavy (non-hydrogen) atoms. The molecule has 0 saturated carbocycles. The predicted octanol–water partition coefficient (Wildman–Crippen LogP) is 4.21. The van der Waals surface area contributed by atoms with Crippen molar-refractivity contribution in [3.63, 3.8) is 0 Å². The summed E-state index contributed by atoms with van der Waals surface area (Å²) in [6, 6.07) is 19.3. The maximum Gasteiger partial charge on any atom is 0.337 e. The van der Waals surface area contributed by atoms with Gasteiger partial charge in [-0.15, -0.1) is 0 Å². The van der Waals surface area contributed by atoms with Gasteiger partial charge in [0, 0.05) is 18.6 Å². The number of hydrogen-bond acceptors (Lipinski definition) is 4. The van der Waals surface area contributed by atoms with Gasteiger partial charge < -0.3 is 4.74 Å². The molecular formula is C21H18N2O2. The third-order valence-electron chi connectivity index (χ3n) is 3.79. The number of aromatic nitrogens is 1. The summed E-state index contributed by atoms with van der Waals surface area (Å²) >= 11 is 0. The zero-order chi connectivity index (χ0) is 17.5. The third kappa shape index (κ3) is 4.61. The van der Waals surface area contributed by atoms with E-state index in [9.17, 15) is 4.79 Å². The summed E-state index contributed by atoms with van der Waals surface area (Å²) in [5, 5.41) is 0. The van der Waals surface area contributed by atoms with Gasteiger partial charge >= 0.3 is 5.97 Å². The van der Waals surface area contributed by atoms with Crippen LogP contribution in [0.15, 0.2) is 78.0 Å². The number of carbonyl (C=O) groups is 1. The summed E-state index contributed by atoms with van der Waals surface area (Å²) in [4.78, 5) is 19.9. The molecule has 4 heteroatoms. The summed E-state index contributed by atoms with van der Waals surface area (Å²) in [5.74, 6) is -0.340. The normalized spacial score (nSPS) is 10.8. The van der Waals surface area contributed by atoms with Gasteiger partial charge in [0.15, 0.2) is 0 Å². The van der Waals surface area contributed by atoms with Crippen molar-refractivity contribution in [1.29, 1.82) is 0 Å². The molecule has 0 spiro atoms. The van der Waals surface area contributed by atoms with Gasteiger partial charge in [0.05, 0.1) is 18.4 Å². The first kappa shape index (κ1) is 16.6. The number of pyridine rings is 1. The second kappa shape index (κ2) is 8.02. The van der Waals surface area contributed by atoms with E-state index in [4.69, 9.17) is 0 Å². The number of aliphatic imine (C=N–C) groups is 1. The SMILES string of the molecule is COC(=O)c1ccc(C=Nc2ccc(Cc3ccncc3)cc2)cc1. The summed E-state index contributed by atoms with van der Waals surface area (Å²) in [6.07, 6.45) is 6.26. The predicted molar refractivity (Wildman–Crippen MR) is 98.5 cm³/mol. The Morgan fingerprint density at radius 2 is 1.60 bits per heavy atom. The van der Waals surface area contributed by atoms with Crippen LogP contribution in [0.1, 0.15) is 27.0 Å². The fraction of sp³-hybridized carbons (Fsp3) is 0.0952. The van der Waals surface area contributed by atoms with Crippen molar-refractivity contribution in [2.45, 2.75) is 6.42 Å². The van der Waals surface area contributed by atoms with Crippen molar-refractivity contribution in [2.75, 3.05) is 7.11 Å². The van der Waals surface area contributed by atoms with Crippen LogP contribution in [0.5, 0.6) is 0 Å². The molecule has 3 rings (SSSR count). The van der Waals surface area contributed by atoms with Gasteiger partial charge in [-0.3, -0.25) is 9.98 Å². The summed E-state index contributed by atoms with van der Waals surface area (Å²) < 4.78 is 4.68. The van der Waals surface area contributed by atoms with E-state index in [1.807, 2.05) is 36.4 Å². The molecule has 0 N–H and O–H groups in total. The molecule has 3 aromatic rings. The number of rotatable bonds is 5. The molecular weight excluding hydrogens is 312 g/mol. The number of hydrogen-bond donors (Lipinski definition) is 0. The number of carbonyl (C=O) groups excluding carboxylic acids is 1. The molecule has 0 aliphatic heterocycles. The molecule has 1 heterocycles. The van der Waals surface area contributed by atoms with Crippen molar-refractivity contribution in [1.82, 2.24) is 4.98 Å². The van der Waals surface area contributed by atoms with Crippen LogP contribution in [-0.4, -0.2) is 24.3 Å². The second-order valence-corrected chi connectivity index (χ2v) is 5.57. The smallest absolute Gasteiger partial charge is 0.337 e. The average molecular weight is 330 g/mol. The van der Waals surface area contributed by atoms with Gasteiger partial charge in [-0.2, -0.15) is 0 Å². The van der Waals surface area contributed by atoms with Crippen LogP contribution in [0, 0.1) is 0 Å². The van der Waals surface area contributed by atoms with Gasteiger partial charge in [-0.1, -0.05) is 24.3 Å². The van der Waals surface area contributed by atoms with Gasteiger partial charge in [-0.25, -0.2) is 4.79 Å². The monoisotopic (exact) mass is 330 g/mol. The average Bonchev–Trinajstić information content (AvgIpc) is 2.68. The molecule has 0 amide bonds. The third-order valence-corrected chi connectivity index (χ3v) is 3.79. The molecule has 0 unspecified atom stereocenters. The van der Waals surface area contributed by atoms with Gasteiger partial charge in [0.25, 0.3) is 0 Å². The minimum atomic E-state index is -0.340. The Bertz CT molecular complexity index is 855. The van der Waals surface area contributed by atoms with E-state index in [2.05, 4.69) is 26.8 Å². The number of nitrogens with zero attached hydrogens (tertiary/aromatic N) is 2. The lowest BCUT2D eigenvalue weighted by atomic mass is 10.1. The molecule has 4 nitrogen and oxygen atoms in total. The van der Waals surface area contributed by atoms with Crippen molar-refractivity contribution in [3.05, 3.63) is 95.3 Å². The van der Waals surface area contributed by atoms with Crippen LogP contribution in [-0.2, 0) is 11.2 Å². The molecule has 0 saturated heterocycles. The highest BCUT2D eigenvalue weighted by molar-refractivity contribution is 5.90. The number of esters is 1. The van der Waals surface area contributed by atoms with Gasteiger partial charge in [0.1, 0.15) is 0 Å². The van der Waals surface area contributed by atoms with E-state index in [1.54, 1.807) is 30.7 Å². The lowest BCUT2D eigenvalue weighted by Gasteiger charge is -2.02. The van der Waals surface area contributed by atoms with E-state index in [0.717, 1.165) is 17.7 Å². The maximum absolute atomic E-state index is 11.4. The summed E-state index contributed by atoms with van der Waals surface area (Å²) in [6.45, 7) is 0. The molecule has 0 fully saturated rings. The van der Waals surface area contributed by atoms with E-state index >= 15 is 0 Å². The van der Waals surface area contributed by atoms with Crippen LogP contribution in [0.25, 0.3) is 0 Å². The van der Waals surface area contributed by atoms with Crippen molar-refractivity contribution >= 4 is 17.9 Å². The van der Waals surface area contributed by atoms with Crippen LogP contribution < -0.4 is 0 Å². The molecule has 0 atom stereocenters. The molecule has 1 aromatic heterocycles. The number of ether oxygens (including phenoxy) is 1. The van der Waals surface area contributed by atoms with Crippen LogP contribution in [0.2, 0.25) is 0 Å². The second-order valence-electron chi connectivity index (χ2n) is 5.57. The molecule has 124 valence electrons. The Labute approximate surface area is 146 Å². The van der Waals surface area contributed by atoms with Crippen molar-refractivity contribution < 1.29 is 9.53 Å².